The third kappa shape index (κ3) is 3.64. The third-order valence-corrected chi connectivity index (χ3v) is 6.31. The summed E-state index contributed by atoms with van der Waals surface area (Å²) in [4.78, 5) is 6.85. The Morgan fingerprint density at radius 3 is 2.60 bits per heavy atom. The lowest BCUT2D eigenvalue weighted by Gasteiger charge is -2.03. The van der Waals surface area contributed by atoms with E-state index in [0.717, 1.165) is 16.2 Å². The average molecular weight is 336 g/mol. The summed E-state index contributed by atoms with van der Waals surface area (Å²) in [5.74, 6) is 0. The van der Waals surface area contributed by atoms with Gasteiger partial charge in [-0.1, -0.05) is 0 Å². The Morgan fingerprint density at radius 1 is 1.30 bits per heavy atom. The molecule has 0 aromatic carbocycles. The Hall–Kier alpha value is -1.27. The Kier molecular flexibility index (Phi) is 4.25. The van der Waals surface area contributed by atoms with Crippen LogP contribution in [0.25, 0.3) is 0 Å². The zero-order chi connectivity index (χ0) is 14.8. The maximum atomic E-state index is 11.8. The zero-order valence-electron chi connectivity index (χ0n) is 10.1. The van der Waals surface area contributed by atoms with E-state index >= 15 is 0 Å². The van der Waals surface area contributed by atoms with Gasteiger partial charge in [-0.05, 0) is 18.6 Å². The molecule has 2 heterocycles. The molecule has 20 heavy (non-hydrogen) atoms. The molecule has 2 rings (SSSR count). The summed E-state index contributed by atoms with van der Waals surface area (Å²) in [6.07, 6.45) is 2.84. The van der Waals surface area contributed by atoms with Crippen LogP contribution in [0.2, 0.25) is 0 Å². The minimum Gasteiger partial charge on any atom is -0.335 e. The average Bonchev–Trinajstić information content (AvgIpc) is 2.99. The molecule has 0 aliphatic rings. The Bertz CT molecular complexity index is 777. The van der Waals surface area contributed by atoms with Crippen LogP contribution in [0, 0.1) is 0 Å². The van der Waals surface area contributed by atoms with Crippen LogP contribution in [0.15, 0.2) is 33.9 Å². The van der Waals surface area contributed by atoms with Gasteiger partial charge in [0, 0.05) is 11.4 Å². The van der Waals surface area contributed by atoms with Crippen molar-refractivity contribution in [3.63, 3.8) is 0 Å². The van der Waals surface area contributed by atoms with Crippen LogP contribution >= 0.6 is 11.3 Å². The van der Waals surface area contributed by atoms with Gasteiger partial charge in [-0.3, -0.25) is 0 Å². The van der Waals surface area contributed by atoms with Gasteiger partial charge in [0.1, 0.15) is 4.21 Å². The number of aromatic amines is 1. The van der Waals surface area contributed by atoms with E-state index in [9.17, 15) is 16.8 Å². The molecule has 0 fully saturated rings. The summed E-state index contributed by atoms with van der Waals surface area (Å²) in [5.41, 5.74) is 0. The summed E-state index contributed by atoms with van der Waals surface area (Å²) >= 11 is 1.02. The molecule has 4 N–H and O–H groups in total. The fourth-order valence-corrected chi connectivity index (χ4v) is 4.13. The molecule has 0 amide bonds. The topological polar surface area (TPSA) is 135 Å². The first-order valence-corrected chi connectivity index (χ1v) is 9.23. The number of sulfonamides is 2. The number of aromatic nitrogens is 2. The van der Waals surface area contributed by atoms with E-state index in [1.54, 1.807) is 6.07 Å². The first-order valence-electron chi connectivity index (χ1n) is 5.38. The van der Waals surface area contributed by atoms with E-state index in [0.29, 0.717) is 6.42 Å². The van der Waals surface area contributed by atoms with Crippen molar-refractivity contribution in [3.8, 4) is 0 Å². The highest BCUT2D eigenvalue weighted by Gasteiger charge is 2.15. The highest BCUT2D eigenvalue weighted by atomic mass is 32.2. The molecule has 2 aromatic heterocycles. The van der Waals surface area contributed by atoms with Crippen molar-refractivity contribution in [3.05, 3.63) is 29.5 Å². The molecule has 2 aromatic rings. The maximum absolute atomic E-state index is 11.8. The number of hydrogen-bond donors (Lipinski definition) is 3. The van der Waals surface area contributed by atoms with Crippen LogP contribution in [0.4, 0.5) is 0 Å². The predicted octanol–water partition coefficient (Wildman–Crippen LogP) is -0.360. The Labute approximate surface area is 120 Å². The molecule has 0 aliphatic carbocycles. The number of imidazole rings is 1. The predicted molar refractivity (Wildman–Crippen MR) is 73.2 cm³/mol. The second kappa shape index (κ2) is 5.61. The standard InChI is InChI=1S/C9H12N4O4S3/c10-19(14,15)9-2-1-7(18-9)3-4-13-20(16,17)8-5-11-6-12-8/h1-2,5-6,13H,3-4H2,(H,11,12)(H2,10,14,15). The largest absolute Gasteiger partial charge is 0.335 e. The van der Waals surface area contributed by atoms with E-state index in [-0.39, 0.29) is 15.8 Å². The van der Waals surface area contributed by atoms with Crippen LogP contribution in [0.1, 0.15) is 4.88 Å². The fraction of sp³-hybridized carbons (Fsp3) is 0.222. The number of rotatable bonds is 6. The van der Waals surface area contributed by atoms with Gasteiger partial charge in [0.2, 0.25) is 10.0 Å². The number of hydrogen-bond acceptors (Lipinski definition) is 6. The number of nitrogens with one attached hydrogen (secondary N) is 2. The molecule has 0 spiro atoms. The van der Waals surface area contributed by atoms with Gasteiger partial charge < -0.3 is 4.98 Å². The van der Waals surface area contributed by atoms with Crippen molar-refractivity contribution in [1.29, 1.82) is 0 Å². The molecule has 11 heteroatoms. The van der Waals surface area contributed by atoms with Crippen molar-refractivity contribution in [2.45, 2.75) is 15.7 Å². The van der Waals surface area contributed by atoms with Crippen LogP contribution < -0.4 is 9.86 Å². The SMILES string of the molecule is NS(=O)(=O)c1ccc(CCNS(=O)(=O)c2cnc[nH]2)s1. The monoisotopic (exact) mass is 336 g/mol. The minimum absolute atomic E-state index is 0.0195. The van der Waals surface area contributed by atoms with Gasteiger partial charge in [0.15, 0.2) is 5.03 Å². The second-order valence-electron chi connectivity index (χ2n) is 3.83. The molecule has 110 valence electrons. The second-order valence-corrected chi connectivity index (χ2v) is 8.52. The molecule has 0 saturated carbocycles. The number of primary sulfonamides is 1. The van der Waals surface area contributed by atoms with Crippen LogP contribution in [-0.2, 0) is 26.5 Å². The Morgan fingerprint density at radius 2 is 2.05 bits per heavy atom. The van der Waals surface area contributed by atoms with Crippen LogP contribution in [-0.4, -0.2) is 33.3 Å². The van der Waals surface area contributed by atoms with E-state index < -0.39 is 20.0 Å². The number of H-pyrrole nitrogens is 1. The molecule has 0 atom stereocenters. The molecule has 8 nitrogen and oxygen atoms in total. The lowest BCUT2D eigenvalue weighted by atomic mass is 10.3. The molecule has 0 aliphatic heterocycles. The summed E-state index contributed by atoms with van der Waals surface area (Å²) in [7, 11) is -7.32. The molecular formula is C9H12N4O4S3. The molecule has 0 saturated heterocycles. The van der Waals surface area contributed by atoms with Crippen molar-refractivity contribution >= 4 is 31.4 Å². The Balaban J connectivity index is 1.96. The number of thiophene rings is 1. The zero-order valence-corrected chi connectivity index (χ0v) is 12.6. The van der Waals surface area contributed by atoms with Gasteiger partial charge in [-0.15, -0.1) is 11.3 Å². The maximum Gasteiger partial charge on any atom is 0.257 e. The van der Waals surface area contributed by atoms with Crippen LogP contribution in [0.3, 0.4) is 0 Å². The van der Waals surface area contributed by atoms with Crippen LogP contribution in [0.5, 0.6) is 0 Å². The van der Waals surface area contributed by atoms with Gasteiger partial charge in [-0.25, -0.2) is 31.7 Å². The molecule has 0 unspecified atom stereocenters. The van der Waals surface area contributed by atoms with E-state index in [1.807, 2.05) is 0 Å². The van der Waals surface area contributed by atoms with Crippen molar-refractivity contribution in [1.82, 2.24) is 14.7 Å². The first kappa shape index (κ1) is 15.1. The van der Waals surface area contributed by atoms with Gasteiger partial charge in [-0.2, -0.15) is 0 Å². The van der Waals surface area contributed by atoms with Gasteiger partial charge in [0.05, 0.1) is 12.5 Å². The lowest BCUT2D eigenvalue weighted by molar-refractivity contribution is 0.578. The molecule has 0 radical (unpaired) electrons. The first-order chi connectivity index (χ1) is 9.29. The fourth-order valence-electron chi connectivity index (χ4n) is 1.42. The quantitative estimate of drug-likeness (QED) is 0.662. The van der Waals surface area contributed by atoms with E-state index in [4.69, 9.17) is 5.14 Å². The van der Waals surface area contributed by atoms with Crippen molar-refractivity contribution < 1.29 is 16.8 Å². The highest BCUT2D eigenvalue weighted by molar-refractivity contribution is 7.91. The van der Waals surface area contributed by atoms with Crippen molar-refractivity contribution in [2.24, 2.45) is 5.14 Å². The van der Waals surface area contributed by atoms with E-state index in [1.165, 1.54) is 18.6 Å². The minimum atomic E-state index is -3.70. The highest BCUT2D eigenvalue weighted by Crippen LogP contribution is 2.20. The van der Waals surface area contributed by atoms with Crippen molar-refractivity contribution in [2.75, 3.05) is 6.54 Å². The molecule has 0 bridgehead atoms. The third-order valence-electron chi connectivity index (χ3n) is 2.34. The van der Waals surface area contributed by atoms with E-state index in [2.05, 4.69) is 14.7 Å². The summed E-state index contributed by atoms with van der Waals surface area (Å²) in [6.45, 7) is 0.145. The smallest absolute Gasteiger partial charge is 0.257 e. The number of nitrogens with two attached hydrogens (primary N) is 1. The number of nitrogens with zero attached hydrogens (tertiary/aromatic N) is 1. The summed E-state index contributed by atoms with van der Waals surface area (Å²) in [6, 6.07) is 3.01. The normalized spacial score (nSPS) is 12.7. The summed E-state index contributed by atoms with van der Waals surface area (Å²) < 4.78 is 48.2. The summed E-state index contributed by atoms with van der Waals surface area (Å²) in [5, 5.41) is 4.97. The van der Waals surface area contributed by atoms with Gasteiger partial charge >= 0.3 is 0 Å². The molecular weight excluding hydrogens is 324 g/mol. The van der Waals surface area contributed by atoms with Gasteiger partial charge in [0.25, 0.3) is 10.0 Å². The lowest BCUT2D eigenvalue weighted by Crippen LogP contribution is -2.26.